The molecule has 3 aromatic rings. The maximum Gasteiger partial charge on any atom is 0.259 e. The second-order valence-electron chi connectivity index (χ2n) is 6.98. The number of anilines is 1. The van der Waals surface area contributed by atoms with E-state index >= 15 is 0 Å². The summed E-state index contributed by atoms with van der Waals surface area (Å²) in [6.07, 6.45) is 0. The number of hydrogen-bond acceptors (Lipinski definition) is 3. The Labute approximate surface area is 171 Å². The Morgan fingerprint density at radius 3 is 2.48 bits per heavy atom. The highest BCUT2D eigenvalue weighted by molar-refractivity contribution is 7.85. The fourth-order valence-corrected chi connectivity index (χ4v) is 4.65. The van der Waals surface area contributed by atoms with Crippen LogP contribution in [0.4, 0.5) is 5.69 Å². The van der Waals surface area contributed by atoms with Gasteiger partial charge in [0.05, 0.1) is 31.8 Å². The van der Waals surface area contributed by atoms with Crippen LogP contribution in [0.3, 0.4) is 0 Å². The fraction of sp³-hybridized carbons (Fsp3) is 0.130. The number of fused-ring (bicyclic) bond motifs is 2. The van der Waals surface area contributed by atoms with E-state index in [1.165, 1.54) is 4.90 Å². The molecule has 1 heterocycles. The maximum atomic E-state index is 13.1. The Bertz CT molecular complexity index is 1140. The van der Waals surface area contributed by atoms with Gasteiger partial charge in [0.15, 0.2) is 0 Å². The zero-order chi connectivity index (χ0) is 20.5. The van der Waals surface area contributed by atoms with E-state index in [0.717, 1.165) is 11.1 Å². The van der Waals surface area contributed by atoms with E-state index < -0.39 is 10.8 Å². The van der Waals surface area contributed by atoms with Gasteiger partial charge in [-0.25, -0.2) is 4.21 Å². The Morgan fingerprint density at radius 2 is 1.72 bits per heavy atom. The molecule has 146 valence electrons. The number of hydrogen-bond donors (Lipinski definition) is 1. The van der Waals surface area contributed by atoms with Crippen LogP contribution in [0.25, 0.3) is 0 Å². The van der Waals surface area contributed by atoms with Gasteiger partial charge >= 0.3 is 0 Å². The first kappa shape index (κ1) is 19.1. The number of rotatable bonds is 3. The van der Waals surface area contributed by atoms with Crippen molar-refractivity contribution in [3.8, 4) is 0 Å². The lowest BCUT2D eigenvalue weighted by Gasteiger charge is -2.18. The molecule has 29 heavy (non-hydrogen) atoms. The van der Waals surface area contributed by atoms with Gasteiger partial charge in [0, 0.05) is 19.2 Å². The molecule has 0 saturated heterocycles. The number of aryl methyl sites for hydroxylation is 1. The minimum atomic E-state index is -1.50. The third kappa shape index (κ3) is 3.59. The SMILES string of the molecule is Cc1ccc(CNC(=O)c2ccc3c(c2)N(C)C(=O)c2ccccc2S3=O)cc1. The highest BCUT2D eigenvalue weighted by Crippen LogP contribution is 2.34. The molecule has 1 aliphatic heterocycles. The molecular formula is C23H20N2O3S. The molecule has 1 atom stereocenters. The molecule has 0 fully saturated rings. The molecule has 1 unspecified atom stereocenters. The lowest BCUT2D eigenvalue weighted by atomic mass is 10.1. The van der Waals surface area contributed by atoms with E-state index in [1.807, 2.05) is 31.2 Å². The highest BCUT2D eigenvalue weighted by Gasteiger charge is 2.29. The van der Waals surface area contributed by atoms with Crippen molar-refractivity contribution >= 4 is 28.3 Å². The smallest absolute Gasteiger partial charge is 0.259 e. The maximum absolute atomic E-state index is 13.1. The van der Waals surface area contributed by atoms with E-state index in [0.29, 0.717) is 33.2 Å². The quantitative estimate of drug-likeness (QED) is 0.724. The summed E-state index contributed by atoms with van der Waals surface area (Å²) in [5.74, 6) is -0.494. The first-order valence-electron chi connectivity index (χ1n) is 9.22. The van der Waals surface area contributed by atoms with Gasteiger partial charge in [0.25, 0.3) is 11.8 Å². The average Bonchev–Trinajstić information content (AvgIpc) is 2.83. The van der Waals surface area contributed by atoms with Crippen LogP contribution < -0.4 is 10.2 Å². The molecule has 0 radical (unpaired) electrons. The van der Waals surface area contributed by atoms with Crippen LogP contribution in [0.15, 0.2) is 76.5 Å². The van der Waals surface area contributed by atoms with E-state index in [1.54, 1.807) is 49.5 Å². The van der Waals surface area contributed by atoms with Gasteiger partial charge < -0.3 is 10.2 Å². The number of carbonyl (C=O) groups is 2. The molecule has 0 aliphatic carbocycles. The first-order chi connectivity index (χ1) is 14.0. The number of nitrogens with zero attached hydrogens (tertiary/aromatic N) is 1. The fourth-order valence-electron chi connectivity index (χ4n) is 3.28. The molecule has 1 aliphatic rings. The second-order valence-corrected chi connectivity index (χ2v) is 8.40. The van der Waals surface area contributed by atoms with E-state index in [4.69, 9.17) is 0 Å². The van der Waals surface area contributed by atoms with Crippen LogP contribution >= 0.6 is 0 Å². The predicted molar refractivity (Wildman–Crippen MR) is 113 cm³/mol. The molecule has 4 rings (SSSR count). The second kappa shape index (κ2) is 7.64. The molecule has 3 aromatic carbocycles. The number of nitrogens with one attached hydrogen (secondary N) is 1. The van der Waals surface area contributed by atoms with Gasteiger partial charge in [-0.15, -0.1) is 0 Å². The largest absolute Gasteiger partial charge is 0.348 e. The molecule has 5 nitrogen and oxygen atoms in total. The molecule has 6 heteroatoms. The van der Waals surface area contributed by atoms with Gasteiger partial charge in [0.2, 0.25) is 0 Å². The zero-order valence-corrected chi connectivity index (χ0v) is 17.0. The minimum absolute atomic E-state index is 0.245. The topological polar surface area (TPSA) is 66.5 Å². The van der Waals surface area contributed by atoms with Crippen molar-refractivity contribution in [1.82, 2.24) is 5.32 Å². The summed E-state index contributed by atoms with van der Waals surface area (Å²) in [5.41, 5.74) is 3.47. The molecule has 0 bridgehead atoms. The van der Waals surface area contributed by atoms with Gasteiger partial charge in [-0.3, -0.25) is 9.59 Å². The van der Waals surface area contributed by atoms with E-state index in [2.05, 4.69) is 5.32 Å². The molecule has 0 aromatic heterocycles. The summed E-state index contributed by atoms with van der Waals surface area (Å²) in [6.45, 7) is 2.42. The molecule has 0 spiro atoms. The Hall–Kier alpha value is -3.25. The van der Waals surface area contributed by atoms with Crippen molar-refractivity contribution in [3.63, 3.8) is 0 Å². The van der Waals surface area contributed by atoms with Crippen molar-refractivity contribution in [2.75, 3.05) is 11.9 Å². The van der Waals surface area contributed by atoms with Crippen molar-refractivity contribution in [3.05, 3.63) is 89.0 Å². The number of benzene rings is 3. The molecule has 1 N–H and O–H groups in total. The van der Waals surface area contributed by atoms with Crippen molar-refractivity contribution < 1.29 is 13.8 Å². The van der Waals surface area contributed by atoms with E-state index in [9.17, 15) is 13.8 Å². The lowest BCUT2D eigenvalue weighted by molar-refractivity contribution is 0.0948. The third-order valence-corrected chi connectivity index (χ3v) is 6.48. The van der Waals surface area contributed by atoms with Gasteiger partial charge in [-0.05, 0) is 42.8 Å². The van der Waals surface area contributed by atoms with Crippen LogP contribution in [0.1, 0.15) is 31.8 Å². The summed E-state index contributed by atoms with van der Waals surface area (Å²) in [4.78, 5) is 28.0. The van der Waals surface area contributed by atoms with Crippen LogP contribution in [0.2, 0.25) is 0 Å². The third-order valence-electron chi connectivity index (χ3n) is 4.98. The normalized spacial score (nSPS) is 15.3. The van der Waals surface area contributed by atoms with Crippen molar-refractivity contribution in [2.45, 2.75) is 23.3 Å². The highest BCUT2D eigenvalue weighted by atomic mass is 32.2. The van der Waals surface area contributed by atoms with Crippen molar-refractivity contribution in [2.24, 2.45) is 0 Å². The lowest BCUT2D eigenvalue weighted by Crippen LogP contribution is -2.27. The summed E-state index contributed by atoms with van der Waals surface area (Å²) in [6, 6.07) is 19.8. The van der Waals surface area contributed by atoms with Crippen molar-refractivity contribution in [1.29, 1.82) is 0 Å². The summed E-state index contributed by atoms with van der Waals surface area (Å²) >= 11 is 0. The van der Waals surface area contributed by atoms with Crippen LogP contribution in [-0.2, 0) is 17.3 Å². The first-order valence-corrected chi connectivity index (χ1v) is 10.4. The molecule has 0 saturated carbocycles. The van der Waals surface area contributed by atoms with E-state index in [-0.39, 0.29) is 11.8 Å². The van der Waals surface area contributed by atoms with Crippen LogP contribution in [0, 0.1) is 6.92 Å². The van der Waals surface area contributed by atoms with Gasteiger partial charge in [0.1, 0.15) is 0 Å². The van der Waals surface area contributed by atoms with Crippen LogP contribution in [-0.4, -0.2) is 23.1 Å². The van der Waals surface area contributed by atoms with Gasteiger partial charge in [-0.2, -0.15) is 0 Å². The van der Waals surface area contributed by atoms with Gasteiger partial charge in [-0.1, -0.05) is 42.0 Å². The standard InChI is InChI=1S/C23H20N2O3S/c1-15-7-9-16(10-8-15)14-24-22(26)17-11-12-21-19(13-17)25(2)23(27)18-5-3-4-6-20(18)29(21)28/h3-13H,14H2,1-2H3,(H,24,26). The minimum Gasteiger partial charge on any atom is -0.348 e. The Balaban J connectivity index is 1.63. The summed E-state index contributed by atoms with van der Waals surface area (Å²) in [7, 11) is 0.133. The average molecular weight is 404 g/mol. The predicted octanol–water partition coefficient (Wildman–Crippen LogP) is 3.68. The zero-order valence-electron chi connectivity index (χ0n) is 16.1. The molecule has 2 amide bonds. The number of amides is 2. The Kier molecular flexibility index (Phi) is 5.03. The number of carbonyl (C=O) groups excluding carboxylic acids is 2. The monoisotopic (exact) mass is 404 g/mol. The summed E-state index contributed by atoms with van der Waals surface area (Å²) < 4.78 is 13.1. The van der Waals surface area contributed by atoms with Crippen LogP contribution in [0.5, 0.6) is 0 Å². The summed E-state index contributed by atoms with van der Waals surface area (Å²) in [5, 5.41) is 2.89. The molecular weight excluding hydrogens is 384 g/mol. The Morgan fingerprint density at radius 1 is 1.00 bits per heavy atom.